The van der Waals surface area contributed by atoms with Crippen LogP contribution >= 0.6 is 0 Å². The summed E-state index contributed by atoms with van der Waals surface area (Å²) in [6.45, 7) is 6.54. The SMILES string of the molecule is CC(C#N)CN1CCC(C)C(O)C1. The number of aliphatic hydroxyl groups excluding tert-OH is 1. The molecule has 0 spiro atoms. The van der Waals surface area contributed by atoms with Gasteiger partial charge in [-0.1, -0.05) is 6.92 Å². The van der Waals surface area contributed by atoms with E-state index in [9.17, 15) is 5.11 Å². The molecule has 1 rings (SSSR count). The fraction of sp³-hybridized carbons (Fsp3) is 0.900. The molecule has 0 bridgehead atoms. The van der Waals surface area contributed by atoms with Crippen LogP contribution in [0.2, 0.25) is 0 Å². The highest BCUT2D eigenvalue weighted by atomic mass is 16.3. The number of piperidine rings is 1. The van der Waals surface area contributed by atoms with Gasteiger partial charge in [0.25, 0.3) is 0 Å². The lowest BCUT2D eigenvalue weighted by Gasteiger charge is -2.34. The number of hydrogen-bond acceptors (Lipinski definition) is 3. The smallest absolute Gasteiger partial charge is 0.0693 e. The fourth-order valence-corrected chi connectivity index (χ4v) is 1.71. The second-order valence-electron chi connectivity index (χ2n) is 4.12. The van der Waals surface area contributed by atoms with Gasteiger partial charge in [-0.05, 0) is 25.8 Å². The van der Waals surface area contributed by atoms with Crippen molar-refractivity contribution < 1.29 is 5.11 Å². The van der Waals surface area contributed by atoms with E-state index in [2.05, 4.69) is 17.9 Å². The average Bonchev–Trinajstić information content (AvgIpc) is 2.11. The van der Waals surface area contributed by atoms with E-state index < -0.39 is 0 Å². The molecule has 3 atom stereocenters. The zero-order valence-corrected chi connectivity index (χ0v) is 8.40. The van der Waals surface area contributed by atoms with Gasteiger partial charge in [-0.2, -0.15) is 5.26 Å². The van der Waals surface area contributed by atoms with E-state index in [1.165, 1.54) is 0 Å². The summed E-state index contributed by atoms with van der Waals surface area (Å²) >= 11 is 0. The van der Waals surface area contributed by atoms with Crippen molar-refractivity contribution >= 4 is 0 Å². The second-order valence-corrected chi connectivity index (χ2v) is 4.12. The predicted octanol–water partition coefficient (Wildman–Crippen LogP) is 0.849. The fourth-order valence-electron chi connectivity index (χ4n) is 1.71. The minimum atomic E-state index is -0.209. The molecule has 0 aromatic carbocycles. The lowest BCUT2D eigenvalue weighted by Crippen LogP contribution is -2.44. The number of aliphatic hydroxyl groups is 1. The van der Waals surface area contributed by atoms with Gasteiger partial charge in [-0.15, -0.1) is 0 Å². The Bertz CT molecular complexity index is 200. The molecule has 1 heterocycles. The molecule has 3 heteroatoms. The predicted molar refractivity (Wildman–Crippen MR) is 51.0 cm³/mol. The molecule has 0 aliphatic carbocycles. The maximum atomic E-state index is 9.61. The Morgan fingerprint density at radius 3 is 2.92 bits per heavy atom. The first kappa shape index (κ1) is 10.5. The van der Waals surface area contributed by atoms with Gasteiger partial charge in [0, 0.05) is 13.1 Å². The van der Waals surface area contributed by atoms with Crippen LogP contribution < -0.4 is 0 Å². The van der Waals surface area contributed by atoms with Gasteiger partial charge in [0.15, 0.2) is 0 Å². The maximum Gasteiger partial charge on any atom is 0.0693 e. The van der Waals surface area contributed by atoms with Gasteiger partial charge < -0.3 is 5.11 Å². The van der Waals surface area contributed by atoms with Crippen LogP contribution in [0.15, 0.2) is 0 Å². The van der Waals surface area contributed by atoms with Gasteiger partial charge >= 0.3 is 0 Å². The van der Waals surface area contributed by atoms with Crippen molar-refractivity contribution in [3.63, 3.8) is 0 Å². The molecular formula is C10H18N2O. The number of nitrogens with zero attached hydrogens (tertiary/aromatic N) is 2. The molecule has 1 fully saturated rings. The third-order valence-corrected chi connectivity index (χ3v) is 2.76. The Kier molecular flexibility index (Phi) is 3.71. The molecule has 1 aliphatic heterocycles. The third kappa shape index (κ3) is 2.98. The number of β-amino-alcohol motifs (C(OH)–C–C–N with tert-alkyl or cyclic N) is 1. The van der Waals surface area contributed by atoms with Gasteiger partial charge in [0.05, 0.1) is 18.1 Å². The number of nitriles is 1. The standard InChI is InChI=1S/C10H18N2O/c1-8(5-11)6-12-4-3-9(2)10(13)7-12/h8-10,13H,3-4,6-7H2,1-2H3. The van der Waals surface area contributed by atoms with E-state index in [-0.39, 0.29) is 12.0 Å². The van der Waals surface area contributed by atoms with Gasteiger partial charge in [0.1, 0.15) is 0 Å². The Morgan fingerprint density at radius 2 is 2.38 bits per heavy atom. The van der Waals surface area contributed by atoms with E-state index >= 15 is 0 Å². The molecule has 13 heavy (non-hydrogen) atoms. The van der Waals surface area contributed by atoms with Crippen LogP contribution in [0.1, 0.15) is 20.3 Å². The molecular weight excluding hydrogens is 164 g/mol. The first-order chi connectivity index (χ1) is 6.13. The highest BCUT2D eigenvalue weighted by Gasteiger charge is 2.24. The molecule has 1 N–H and O–H groups in total. The zero-order valence-electron chi connectivity index (χ0n) is 8.40. The highest BCUT2D eigenvalue weighted by Crippen LogP contribution is 2.17. The van der Waals surface area contributed by atoms with Crippen LogP contribution in [0, 0.1) is 23.2 Å². The van der Waals surface area contributed by atoms with Gasteiger partial charge in [0.2, 0.25) is 0 Å². The van der Waals surface area contributed by atoms with Crippen molar-refractivity contribution in [2.75, 3.05) is 19.6 Å². The molecule has 0 radical (unpaired) electrons. The molecule has 1 aliphatic rings. The Balaban J connectivity index is 2.34. The average molecular weight is 182 g/mol. The summed E-state index contributed by atoms with van der Waals surface area (Å²) < 4.78 is 0. The van der Waals surface area contributed by atoms with Crippen molar-refractivity contribution in [3.05, 3.63) is 0 Å². The molecule has 0 aromatic rings. The van der Waals surface area contributed by atoms with E-state index in [0.717, 1.165) is 26.1 Å². The normalized spacial score (nSPS) is 32.5. The van der Waals surface area contributed by atoms with E-state index in [1.54, 1.807) is 0 Å². The third-order valence-electron chi connectivity index (χ3n) is 2.76. The van der Waals surface area contributed by atoms with Crippen molar-refractivity contribution in [1.82, 2.24) is 4.90 Å². The van der Waals surface area contributed by atoms with Crippen LogP contribution in [0.3, 0.4) is 0 Å². The summed E-state index contributed by atoms with van der Waals surface area (Å²) in [4.78, 5) is 2.18. The molecule has 0 saturated carbocycles. The van der Waals surface area contributed by atoms with Gasteiger partial charge in [-0.25, -0.2) is 0 Å². The summed E-state index contributed by atoms with van der Waals surface area (Å²) in [7, 11) is 0. The van der Waals surface area contributed by atoms with Crippen LogP contribution in [0.25, 0.3) is 0 Å². The van der Waals surface area contributed by atoms with Crippen molar-refractivity contribution in [3.8, 4) is 6.07 Å². The maximum absolute atomic E-state index is 9.61. The van der Waals surface area contributed by atoms with E-state index in [4.69, 9.17) is 5.26 Å². The molecule has 1 saturated heterocycles. The van der Waals surface area contributed by atoms with Crippen molar-refractivity contribution in [2.24, 2.45) is 11.8 Å². The first-order valence-corrected chi connectivity index (χ1v) is 4.93. The molecule has 0 amide bonds. The highest BCUT2D eigenvalue weighted by molar-refractivity contribution is 4.84. The van der Waals surface area contributed by atoms with E-state index in [1.807, 2.05) is 6.92 Å². The Hall–Kier alpha value is -0.590. The van der Waals surface area contributed by atoms with Crippen molar-refractivity contribution in [2.45, 2.75) is 26.4 Å². The Morgan fingerprint density at radius 1 is 1.69 bits per heavy atom. The Labute approximate surface area is 80.0 Å². The van der Waals surface area contributed by atoms with Crippen molar-refractivity contribution in [1.29, 1.82) is 5.26 Å². The minimum absolute atomic E-state index is 0.0700. The zero-order chi connectivity index (χ0) is 9.84. The first-order valence-electron chi connectivity index (χ1n) is 4.93. The summed E-state index contributed by atoms with van der Waals surface area (Å²) in [5, 5.41) is 18.3. The largest absolute Gasteiger partial charge is 0.392 e. The number of hydrogen-bond donors (Lipinski definition) is 1. The number of rotatable bonds is 2. The van der Waals surface area contributed by atoms with E-state index in [0.29, 0.717) is 5.92 Å². The quantitative estimate of drug-likeness (QED) is 0.688. The van der Waals surface area contributed by atoms with Crippen LogP contribution in [-0.4, -0.2) is 35.7 Å². The lowest BCUT2D eigenvalue weighted by molar-refractivity contribution is 0.0264. The van der Waals surface area contributed by atoms with Gasteiger partial charge in [-0.3, -0.25) is 4.90 Å². The summed E-state index contributed by atoms with van der Waals surface area (Å²) in [6, 6.07) is 2.21. The second kappa shape index (κ2) is 4.59. The molecule has 0 aromatic heterocycles. The van der Waals surface area contributed by atoms with Crippen LogP contribution in [-0.2, 0) is 0 Å². The van der Waals surface area contributed by atoms with Crippen LogP contribution in [0.5, 0.6) is 0 Å². The van der Waals surface area contributed by atoms with Crippen LogP contribution in [0.4, 0.5) is 0 Å². The topological polar surface area (TPSA) is 47.3 Å². The summed E-state index contributed by atoms with van der Waals surface area (Å²) in [5.41, 5.74) is 0. The number of likely N-dealkylation sites (tertiary alicyclic amines) is 1. The monoisotopic (exact) mass is 182 g/mol. The summed E-state index contributed by atoms with van der Waals surface area (Å²) in [5.74, 6) is 0.481. The molecule has 74 valence electrons. The minimum Gasteiger partial charge on any atom is -0.392 e. The molecule has 3 unspecified atom stereocenters. The summed E-state index contributed by atoms with van der Waals surface area (Å²) in [6.07, 6.45) is 0.832. The molecule has 3 nitrogen and oxygen atoms in total. The lowest BCUT2D eigenvalue weighted by atomic mass is 9.95.